The number of allylic oxidation sites excluding steroid dienone is 2. The quantitative estimate of drug-likeness (QED) is 0.487. The zero-order valence-corrected chi connectivity index (χ0v) is 19.5. The van der Waals surface area contributed by atoms with Gasteiger partial charge >= 0.3 is 0 Å². The monoisotopic (exact) mass is 457 g/mol. The molecule has 0 saturated carbocycles. The molecule has 0 atom stereocenters. The number of rotatable bonds is 7. The maximum atomic E-state index is 13.3. The number of methoxy groups -OCH3 is 1. The molecular weight excluding hydrogens is 431 g/mol. The van der Waals surface area contributed by atoms with Crippen LogP contribution in [-0.2, 0) is 6.54 Å². The average Bonchev–Trinajstić information content (AvgIpc) is 3.26. The molecule has 31 heavy (non-hydrogen) atoms. The van der Waals surface area contributed by atoms with Crippen molar-refractivity contribution < 1.29 is 18.8 Å². The van der Waals surface area contributed by atoms with E-state index < -0.39 is 6.67 Å². The summed E-state index contributed by atoms with van der Waals surface area (Å²) in [6.07, 6.45) is 4.24. The number of anilines is 1. The van der Waals surface area contributed by atoms with Crippen LogP contribution in [-0.4, -0.2) is 32.0 Å². The Morgan fingerprint density at radius 1 is 1.26 bits per heavy atom. The van der Waals surface area contributed by atoms with Crippen molar-refractivity contribution in [1.82, 2.24) is 0 Å². The van der Waals surface area contributed by atoms with Gasteiger partial charge in [-0.25, -0.2) is 4.39 Å². The van der Waals surface area contributed by atoms with E-state index in [2.05, 4.69) is 53.7 Å². The SMILES string of the molecule is COc1ccc2sc(C=C(C)C=C3Sc4ccc(C)cc4N3CCF)[n+](CCO)c2c1. The molecule has 0 radical (unpaired) electrons. The Hall–Kier alpha value is -2.35. The number of aliphatic hydroxyl groups is 1. The number of benzene rings is 2. The first-order valence-corrected chi connectivity index (χ1v) is 11.8. The molecule has 0 bridgehead atoms. The van der Waals surface area contributed by atoms with Gasteiger partial charge < -0.3 is 14.7 Å². The van der Waals surface area contributed by atoms with Gasteiger partial charge in [-0.1, -0.05) is 29.2 Å². The molecule has 0 unspecified atom stereocenters. The predicted molar refractivity (Wildman–Crippen MR) is 128 cm³/mol. The van der Waals surface area contributed by atoms with Gasteiger partial charge in [0.2, 0.25) is 5.52 Å². The first-order valence-electron chi connectivity index (χ1n) is 10.2. The molecule has 0 aliphatic carbocycles. The summed E-state index contributed by atoms with van der Waals surface area (Å²) >= 11 is 3.36. The van der Waals surface area contributed by atoms with Gasteiger partial charge in [0, 0.05) is 11.0 Å². The smallest absolute Gasteiger partial charge is 0.263 e. The number of fused-ring (bicyclic) bond motifs is 2. The van der Waals surface area contributed by atoms with E-state index in [-0.39, 0.29) is 6.61 Å². The first kappa shape index (κ1) is 21.9. The Labute approximate surface area is 190 Å². The second-order valence-corrected chi connectivity index (χ2v) is 9.56. The molecule has 162 valence electrons. The van der Waals surface area contributed by atoms with Crippen molar-refractivity contribution in [3.8, 4) is 5.75 Å². The van der Waals surface area contributed by atoms with Crippen molar-refractivity contribution in [2.75, 3.05) is 31.8 Å². The number of hydrogen-bond donors (Lipinski definition) is 1. The second kappa shape index (κ2) is 9.42. The number of nitrogens with zero attached hydrogens (tertiary/aromatic N) is 2. The third-order valence-corrected chi connectivity index (χ3v) is 7.38. The minimum atomic E-state index is -0.400. The highest BCUT2D eigenvalue weighted by Gasteiger charge is 2.25. The molecule has 0 saturated heterocycles. The fourth-order valence-electron chi connectivity index (χ4n) is 3.71. The molecule has 0 spiro atoms. The van der Waals surface area contributed by atoms with Gasteiger partial charge in [0.15, 0.2) is 6.54 Å². The molecule has 4 nitrogen and oxygen atoms in total. The Balaban J connectivity index is 1.71. The first-order chi connectivity index (χ1) is 15.0. The zero-order chi connectivity index (χ0) is 22.0. The summed E-state index contributed by atoms with van der Waals surface area (Å²) in [7, 11) is 1.66. The summed E-state index contributed by atoms with van der Waals surface area (Å²) in [5.74, 6) is 0.795. The molecule has 4 rings (SSSR count). The van der Waals surface area contributed by atoms with Gasteiger partial charge in [-0.05, 0) is 55.3 Å². The second-order valence-electron chi connectivity index (χ2n) is 7.43. The number of thioether (sulfide) groups is 1. The van der Waals surface area contributed by atoms with Crippen LogP contribution in [0.2, 0.25) is 0 Å². The van der Waals surface area contributed by atoms with Crippen LogP contribution in [0, 0.1) is 6.92 Å². The number of hydrogen-bond acceptors (Lipinski definition) is 5. The minimum Gasteiger partial charge on any atom is -0.497 e. The molecule has 1 aliphatic heterocycles. The minimum absolute atomic E-state index is 0.0590. The van der Waals surface area contributed by atoms with Crippen molar-refractivity contribution >= 4 is 45.1 Å². The summed E-state index contributed by atoms with van der Waals surface area (Å²) in [5, 5.41) is 11.7. The van der Waals surface area contributed by atoms with E-state index in [4.69, 9.17) is 4.74 Å². The normalized spacial score (nSPS) is 15.2. The van der Waals surface area contributed by atoms with Gasteiger partial charge in [0.05, 0.1) is 30.4 Å². The number of alkyl halides is 1. The maximum Gasteiger partial charge on any atom is 0.263 e. The van der Waals surface area contributed by atoms with Crippen LogP contribution < -0.4 is 14.2 Å². The molecule has 1 N–H and O–H groups in total. The highest BCUT2D eigenvalue weighted by atomic mass is 32.2. The van der Waals surface area contributed by atoms with Crippen molar-refractivity contribution in [2.24, 2.45) is 0 Å². The zero-order valence-electron chi connectivity index (χ0n) is 17.9. The summed E-state index contributed by atoms with van der Waals surface area (Å²) < 4.78 is 21.9. The lowest BCUT2D eigenvalue weighted by molar-refractivity contribution is -0.670. The third-order valence-electron chi connectivity index (χ3n) is 5.16. The van der Waals surface area contributed by atoms with Gasteiger partial charge in [0.1, 0.15) is 23.7 Å². The largest absolute Gasteiger partial charge is 0.497 e. The average molecular weight is 458 g/mol. The fraction of sp³-hybridized carbons (Fsp3) is 0.292. The van der Waals surface area contributed by atoms with Gasteiger partial charge in [-0.2, -0.15) is 4.57 Å². The number of halogens is 1. The van der Waals surface area contributed by atoms with E-state index in [1.807, 2.05) is 18.2 Å². The Morgan fingerprint density at radius 3 is 2.84 bits per heavy atom. The van der Waals surface area contributed by atoms with E-state index in [1.165, 1.54) is 5.56 Å². The molecule has 7 heteroatoms. The number of ether oxygens (including phenoxy) is 1. The van der Waals surface area contributed by atoms with Gasteiger partial charge in [-0.3, -0.25) is 0 Å². The number of aliphatic hydroxyl groups excluding tert-OH is 1. The molecule has 3 aromatic rings. The molecule has 2 heterocycles. The molecule has 0 amide bonds. The van der Waals surface area contributed by atoms with Gasteiger partial charge in [-0.15, -0.1) is 0 Å². The molecule has 1 aliphatic rings. The van der Waals surface area contributed by atoms with Crippen LogP contribution in [0.3, 0.4) is 0 Å². The number of aryl methyl sites for hydroxylation is 1. The summed E-state index contributed by atoms with van der Waals surface area (Å²) in [6.45, 7) is 4.63. The molecule has 2 aromatic carbocycles. The van der Waals surface area contributed by atoms with Crippen LogP contribution in [0.4, 0.5) is 10.1 Å². The highest BCUT2D eigenvalue weighted by molar-refractivity contribution is 8.03. The Bertz CT molecular complexity index is 1170. The van der Waals surface area contributed by atoms with Gasteiger partial charge in [0.25, 0.3) is 5.01 Å². The predicted octanol–water partition coefficient (Wildman–Crippen LogP) is 5.32. The van der Waals surface area contributed by atoms with E-state index in [0.29, 0.717) is 13.1 Å². The fourth-order valence-corrected chi connectivity index (χ4v) is 6.07. The van der Waals surface area contributed by atoms with E-state index in [0.717, 1.165) is 42.2 Å². The van der Waals surface area contributed by atoms with E-state index >= 15 is 0 Å². The Kier molecular flexibility index (Phi) is 6.65. The van der Waals surface area contributed by atoms with Crippen molar-refractivity contribution in [3.05, 3.63) is 63.6 Å². The third kappa shape index (κ3) is 4.49. The van der Waals surface area contributed by atoms with Crippen LogP contribution in [0.5, 0.6) is 5.75 Å². The molecule has 0 fully saturated rings. The van der Waals surface area contributed by atoms with Crippen LogP contribution in [0.1, 0.15) is 17.5 Å². The molecular formula is C24H26FN2O2S2+. The summed E-state index contributed by atoms with van der Waals surface area (Å²) in [6, 6.07) is 12.3. The van der Waals surface area contributed by atoms with Crippen molar-refractivity contribution in [1.29, 1.82) is 0 Å². The number of aromatic nitrogens is 1. The maximum absolute atomic E-state index is 13.3. The topological polar surface area (TPSA) is 36.6 Å². The number of thiazole rings is 1. The van der Waals surface area contributed by atoms with Crippen molar-refractivity contribution in [2.45, 2.75) is 25.3 Å². The van der Waals surface area contributed by atoms with Crippen LogP contribution >= 0.6 is 23.1 Å². The standard InChI is InChI=1S/C24H26FN2O2S2/c1-16-4-6-21-19(12-16)26(9-8-25)23(30-21)13-17(2)14-24-27(10-11-28)20-15-18(29-3)5-7-22(20)31-24/h4-7,12-15,28H,8-11H2,1-3H3/q+1. The summed E-state index contributed by atoms with van der Waals surface area (Å²) in [5.41, 5.74) is 4.36. The Morgan fingerprint density at radius 2 is 2.10 bits per heavy atom. The van der Waals surface area contributed by atoms with Crippen LogP contribution in [0.25, 0.3) is 16.3 Å². The lowest BCUT2D eigenvalue weighted by atomic mass is 10.2. The van der Waals surface area contributed by atoms with E-state index in [1.54, 1.807) is 30.2 Å². The van der Waals surface area contributed by atoms with Crippen molar-refractivity contribution in [3.63, 3.8) is 0 Å². The summed E-state index contributed by atoms with van der Waals surface area (Å²) in [4.78, 5) is 3.21. The molecule has 1 aromatic heterocycles. The van der Waals surface area contributed by atoms with E-state index in [9.17, 15) is 9.50 Å². The van der Waals surface area contributed by atoms with Crippen LogP contribution in [0.15, 0.2) is 58.0 Å². The highest BCUT2D eigenvalue weighted by Crippen LogP contribution is 2.46. The lowest BCUT2D eigenvalue weighted by Crippen LogP contribution is -2.36. The lowest BCUT2D eigenvalue weighted by Gasteiger charge is -2.19.